The molecule has 0 spiro atoms. The summed E-state index contributed by atoms with van der Waals surface area (Å²) in [7, 11) is 0. The summed E-state index contributed by atoms with van der Waals surface area (Å²) >= 11 is 0. The van der Waals surface area contributed by atoms with E-state index in [4.69, 9.17) is 0 Å². The molecule has 0 fully saturated rings. The Hall–Kier alpha value is -1.50. The average molecular weight is 283 g/mol. The van der Waals surface area contributed by atoms with E-state index >= 15 is 0 Å². The van der Waals surface area contributed by atoms with Crippen LogP contribution >= 0.6 is 0 Å². The van der Waals surface area contributed by atoms with Gasteiger partial charge in [-0.25, -0.2) is 0 Å². The van der Waals surface area contributed by atoms with Gasteiger partial charge in [0.15, 0.2) is 0 Å². The van der Waals surface area contributed by atoms with Crippen molar-refractivity contribution in [2.24, 2.45) is 5.41 Å². The lowest BCUT2D eigenvalue weighted by Gasteiger charge is -2.28. The maximum atomic E-state index is 3.53. The van der Waals surface area contributed by atoms with Crippen molar-refractivity contribution in [3.8, 4) is 0 Å². The minimum atomic E-state index is 0.0916. The second-order valence-electron chi connectivity index (χ2n) is 8.28. The van der Waals surface area contributed by atoms with E-state index in [-0.39, 0.29) is 5.54 Å². The Balaban J connectivity index is 2.36. The first-order valence-electron chi connectivity index (χ1n) is 7.88. The quantitative estimate of drug-likeness (QED) is 0.692. The highest BCUT2D eigenvalue weighted by Gasteiger charge is 2.21. The molecule has 2 rings (SSSR count). The Labute approximate surface area is 129 Å². The summed E-state index contributed by atoms with van der Waals surface area (Å²) in [6, 6.07) is 13.5. The molecule has 0 heterocycles. The molecule has 2 aromatic rings. The predicted molar refractivity (Wildman–Crippen MR) is 95.2 cm³/mol. The number of nitrogens with one attached hydrogen (secondary N) is 1. The Morgan fingerprint density at radius 2 is 1.38 bits per heavy atom. The van der Waals surface area contributed by atoms with Crippen LogP contribution < -0.4 is 5.32 Å². The highest BCUT2D eigenvalue weighted by atomic mass is 14.9. The third-order valence-corrected chi connectivity index (χ3v) is 4.18. The summed E-state index contributed by atoms with van der Waals surface area (Å²) in [4.78, 5) is 0. The predicted octanol–water partition coefficient (Wildman–Crippen LogP) is 6.20. The van der Waals surface area contributed by atoms with E-state index < -0.39 is 0 Å². The standard InChI is InChI=1S/C20H29N/c1-14(19(2,3)4)15-8-9-17-13-18(21-20(5,6)7)11-10-16(17)12-15/h8-14,21H,1-7H3. The fourth-order valence-electron chi connectivity index (χ4n) is 2.54. The topological polar surface area (TPSA) is 12.0 Å². The van der Waals surface area contributed by atoms with Crippen LogP contribution in [0.15, 0.2) is 36.4 Å². The van der Waals surface area contributed by atoms with Gasteiger partial charge >= 0.3 is 0 Å². The molecular formula is C20H29N. The molecule has 0 aliphatic heterocycles. The lowest BCUT2D eigenvalue weighted by Crippen LogP contribution is -2.25. The molecule has 21 heavy (non-hydrogen) atoms. The van der Waals surface area contributed by atoms with E-state index in [1.165, 1.54) is 22.0 Å². The minimum absolute atomic E-state index is 0.0916. The smallest absolute Gasteiger partial charge is 0.0350 e. The molecule has 114 valence electrons. The van der Waals surface area contributed by atoms with Crippen LogP contribution in [-0.2, 0) is 0 Å². The highest BCUT2D eigenvalue weighted by Crippen LogP contribution is 2.35. The largest absolute Gasteiger partial charge is 0.380 e. The Morgan fingerprint density at radius 1 is 0.810 bits per heavy atom. The van der Waals surface area contributed by atoms with Gasteiger partial charge in [-0.15, -0.1) is 0 Å². The van der Waals surface area contributed by atoms with E-state index in [9.17, 15) is 0 Å². The molecule has 2 aromatic carbocycles. The summed E-state index contributed by atoms with van der Waals surface area (Å²) in [5, 5.41) is 6.16. The highest BCUT2D eigenvalue weighted by molar-refractivity contribution is 5.86. The third-order valence-electron chi connectivity index (χ3n) is 4.18. The third kappa shape index (κ3) is 4.00. The zero-order valence-electron chi connectivity index (χ0n) is 14.5. The van der Waals surface area contributed by atoms with Crippen molar-refractivity contribution in [3.05, 3.63) is 42.0 Å². The zero-order valence-corrected chi connectivity index (χ0v) is 14.5. The van der Waals surface area contributed by atoms with Gasteiger partial charge in [0, 0.05) is 11.2 Å². The minimum Gasteiger partial charge on any atom is -0.380 e. The van der Waals surface area contributed by atoms with Gasteiger partial charge < -0.3 is 5.32 Å². The molecule has 0 saturated carbocycles. The first-order chi connectivity index (χ1) is 9.56. The molecule has 1 atom stereocenters. The van der Waals surface area contributed by atoms with Crippen LogP contribution in [0.4, 0.5) is 5.69 Å². The van der Waals surface area contributed by atoms with Gasteiger partial charge in [0.2, 0.25) is 0 Å². The van der Waals surface area contributed by atoms with Crippen molar-refractivity contribution in [3.63, 3.8) is 0 Å². The van der Waals surface area contributed by atoms with Crippen molar-refractivity contribution in [1.29, 1.82) is 0 Å². The van der Waals surface area contributed by atoms with Gasteiger partial charge in [-0.1, -0.05) is 52.0 Å². The van der Waals surface area contributed by atoms with Gasteiger partial charge in [-0.2, -0.15) is 0 Å². The van der Waals surface area contributed by atoms with Crippen LogP contribution in [0, 0.1) is 5.41 Å². The van der Waals surface area contributed by atoms with Gasteiger partial charge in [0.1, 0.15) is 0 Å². The van der Waals surface area contributed by atoms with Crippen molar-refractivity contribution < 1.29 is 0 Å². The summed E-state index contributed by atoms with van der Waals surface area (Å²) in [6.45, 7) is 15.8. The summed E-state index contributed by atoms with van der Waals surface area (Å²) in [5.41, 5.74) is 2.99. The number of hydrogen-bond acceptors (Lipinski definition) is 1. The molecule has 0 bridgehead atoms. The Bertz CT molecular complexity index is 626. The van der Waals surface area contributed by atoms with Crippen LogP contribution in [0.25, 0.3) is 10.8 Å². The molecule has 0 saturated heterocycles. The second-order valence-corrected chi connectivity index (χ2v) is 8.28. The Kier molecular flexibility index (Phi) is 4.06. The monoisotopic (exact) mass is 283 g/mol. The maximum absolute atomic E-state index is 3.53. The molecule has 0 radical (unpaired) electrons. The second kappa shape index (κ2) is 5.36. The van der Waals surface area contributed by atoms with Gasteiger partial charge in [-0.05, 0) is 60.6 Å². The Morgan fingerprint density at radius 3 is 1.95 bits per heavy atom. The van der Waals surface area contributed by atoms with Gasteiger partial charge in [0.25, 0.3) is 0 Å². The van der Waals surface area contributed by atoms with Gasteiger partial charge in [0.05, 0.1) is 0 Å². The molecule has 1 heteroatoms. The lowest BCUT2D eigenvalue weighted by molar-refractivity contribution is 0.340. The number of rotatable bonds is 2. The summed E-state index contributed by atoms with van der Waals surface area (Å²) in [6.07, 6.45) is 0. The van der Waals surface area contributed by atoms with Crippen LogP contribution in [0.1, 0.15) is 59.9 Å². The van der Waals surface area contributed by atoms with Crippen molar-refractivity contribution in [2.45, 2.75) is 59.9 Å². The first kappa shape index (κ1) is 15.9. The molecule has 1 nitrogen and oxygen atoms in total. The van der Waals surface area contributed by atoms with E-state index in [1.807, 2.05) is 0 Å². The van der Waals surface area contributed by atoms with Gasteiger partial charge in [-0.3, -0.25) is 0 Å². The number of hydrogen-bond donors (Lipinski definition) is 1. The molecular weight excluding hydrogens is 254 g/mol. The fraction of sp³-hybridized carbons (Fsp3) is 0.500. The molecule has 0 aliphatic carbocycles. The van der Waals surface area contributed by atoms with E-state index in [2.05, 4.69) is 90.2 Å². The number of anilines is 1. The first-order valence-corrected chi connectivity index (χ1v) is 7.88. The van der Waals surface area contributed by atoms with E-state index in [0.29, 0.717) is 11.3 Å². The van der Waals surface area contributed by atoms with Crippen molar-refractivity contribution >= 4 is 16.5 Å². The molecule has 0 amide bonds. The summed E-state index contributed by atoms with van der Waals surface area (Å²) < 4.78 is 0. The normalized spacial score (nSPS) is 14.2. The zero-order chi connectivity index (χ0) is 15.8. The SMILES string of the molecule is CC(c1ccc2cc(NC(C)(C)C)ccc2c1)C(C)(C)C. The molecule has 1 N–H and O–H groups in total. The number of fused-ring (bicyclic) bond motifs is 1. The lowest BCUT2D eigenvalue weighted by atomic mass is 9.77. The molecule has 0 aliphatic rings. The van der Waals surface area contributed by atoms with Crippen LogP contribution in [0.5, 0.6) is 0 Å². The summed E-state index contributed by atoms with van der Waals surface area (Å²) in [5.74, 6) is 0.550. The maximum Gasteiger partial charge on any atom is 0.0350 e. The van der Waals surface area contributed by atoms with Crippen LogP contribution in [0.3, 0.4) is 0 Å². The molecule has 0 aromatic heterocycles. The van der Waals surface area contributed by atoms with Crippen molar-refractivity contribution in [1.82, 2.24) is 0 Å². The van der Waals surface area contributed by atoms with Crippen LogP contribution in [0.2, 0.25) is 0 Å². The molecule has 1 unspecified atom stereocenters. The van der Waals surface area contributed by atoms with E-state index in [0.717, 1.165) is 0 Å². The van der Waals surface area contributed by atoms with E-state index in [1.54, 1.807) is 0 Å². The fourth-order valence-corrected chi connectivity index (χ4v) is 2.54. The van der Waals surface area contributed by atoms with Crippen LogP contribution in [-0.4, -0.2) is 5.54 Å². The van der Waals surface area contributed by atoms with Crippen molar-refractivity contribution in [2.75, 3.05) is 5.32 Å². The average Bonchev–Trinajstić information content (AvgIpc) is 2.34. The number of benzene rings is 2.